The molecule has 0 bridgehead atoms. The van der Waals surface area contributed by atoms with Crippen molar-refractivity contribution < 1.29 is 27.1 Å². The fourth-order valence-corrected chi connectivity index (χ4v) is 3.99. The summed E-state index contributed by atoms with van der Waals surface area (Å²) in [6.07, 6.45) is 0.888. The monoisotopic (exact) mass is 513 g/mol. The van der Waals surface area contributed by atoms with Gasteiger partial charge in [-0.25, -0.2) is 14.4 Å². The van der Waals surface area contributed by atoms with Crippen LogP contribution < -0.4 is 10.5 Å². The number of amides is 1. The van der Waals surface area contributed by atoms with Crippen molar-refractivity contribution in [2.75, 3.05) is 39.5 Å². The van der Waals surface area contributed by atoms with Crippen LogP contribution in [-0.2, 0) is 11.2 Å². The Labute approximate surface area is 206 Å². The quantitative estimate of drug-likeness (QED) is 0.364. The highest BCUT2D eigenvalue weighted by Gasteiger charge is 2.31. The average Bonchev–Trinajstić information content (AvgIpc) is 3.48. The summed E-state index contributed by atoms with van der Waals surface area (Å²) in [5.74, 6) is 0.377. The van der Waals surface area contributed by atoms with E-state index in [1.54, 1.807) is 11.9 Å². The van der Waals surface area contributed by atoms with Crippen molar-refractivity contribution in [3.05, 3.63) is 23.8 Å². The summed E-state index contributed by atoms with van der Waals surface area (Å²) in [6, 6.07) is 2.96. The van der Waals surface area contributed by atoms with Gasteiger partial charge in [-0.3, -0.25) is 9.69 Å². The number of hydrogen-bond acceptors (Lipinski definition) is 7. The fraction of sp³-hybridized carbons (Fsp3) is 0.565. The smallest absolute Gasteiger partial charge is 0.401 e. The summed E-state index contributed by atoms with van der Waals surface area (Å²) < 4.78 is 55.5. The van der Waals surface area contributed by atoms with E-state index in [2.05, 4.69) is 15.1 Å². The maximum Gasteiger partial charge on any atom is 0.401 e. The molecule has 9 nitrogen and oxygen atoms in total. The van der Waals surface area contributed by atoms with E-state index in [4.69, 9.17) is 10.5 Å². The second-order valence-electron chi connectivity index (χ2n) is 8.85. The second-order valence-corrected chi connectivity index (χ2v) is 8.85. The summed E-state index contributed by atoms with van der Waals surface area (Å²) in [4.78, 5) is 22.6. The first kappa shape index (κ1) is 27.4. The SMILES string of the molecule is COc1cc2nc(N)n3nc(CCC[C@H](C)N(C)C=O)nc3c2cc1F.FC(F)(F)CN1CCCC1. The summed E-state index contributed by atoms with van der Waals surface area (Å²) in [5, 5.41) is 4.90. The number of likely N-dealkylation sites (tertiary alicyclic amines) is 1. The van der Waals surface area contributed by atoms with Gasteiger partial charge in [-0.1, -0.05) is 0 Å². The topological polar surface area (TPSA) is 102 Å². The maximum absolute atomic E-state index is 14.1. The van der Waals surface area contributed by atoms with Crippen LogP contribution in [0.1, 0.15) is 38.4 Å². The number of halogens is 4. The molecule has 2 N–H and O–H groups in total. The molecular formula is C23H31F4N7O2. The normalized spacial score (nSPS) is 15.1. The molecule has 1 atom stereocenters. The lowest BCUT2D eigenvalue weighted by Gasteiger charge is -2.19. The number of nitrogens with zero attached hydrogens (tertiary/aromatic N) is 6. The minimum atomic E-state index is -4.01. The standard InChI is InChI=1S/C17H21FN6O2.C6H10F3N/c1-10(23(2)9-25)5-4-6-15-21-16-11-7-12(18)14(26-3)8-13(11)20-17(19)24(16)22-15;7-6(8,9)5-10-3-1-2-4-10/h7-10H,4-6H2,1-3H3,(H2,19,20);1-5H2/t10-;/m0./s1. The lowest BCUT2D eigenvalue weighted by atomic mass is 10.1. The average molecular weight is 514 g/mol. The third-order valence-corrected chi connectivity index (χ3v) is 6.10. The zero-order valence-corrected chi connectivity index (χ0v) is 20.6. The van der Waals surface area contributed by atoms with E-state index in [-0.39, 0.29) is 17.7 Å². The van der Waals surface area contributed by atoms with E-state index in [0.29, 0.717) is 41.9 Å². The van der Waals surface area contributed by atoms with E-state index in [1.165, 1.54) is 28.7 Å². The molecule has 13 heteroatoms. The summed E-state index contributed by atoms with van der Waals surface area (Å²) in [6.45, 7) is 2.48. The molecule has 3 aromatic rings. The summed E-state index contributed by atoms with van der Waals surface area (Å²) in [7, 11) is 3.15. The molecule has 0 unspecified atom stereocenters. The van der Waals surface area contributed by atoms with Gasteiger partial charge in [0.15, 0.2) is 23.0 Å². The van der Waals surface area contributed by atoms with E-state index in [0.717, 1.165) is 32.1 Å². The third kappa shape index (κ3) is 6.93. The lowest BCUT2D eigenvalue weighted by molar-refractivity contribution is -0.143. The maximum atomic E-state index is 14.1. The van der Waals surface area contributed by atoms with Gasteiger partial charge in [-0.15, -0.1) is 5.10 Å². The Kier molecular flexibility index (Phi) is 8.88. The molecule has 1 saturated heterocycles. The molecular weight excluding hydrogens is 482 g/mol. The van der Waals surface area contributed by atoms with Crippen molar-refractivity contribution in [1.29, 1.82) is 0 Å². The number of benzene rings is 1. The number of aromatic nitrogens is 4. The van der Waals surface area contributed by atoms with Crippen LogP contribution in [-0.4, -0.2) is 81.8 Å². The molecule has 1 aromatic carbocycles. The van der Waals surface area contributed by atoms with Gasteiger partial charge in [0.2, 0.25) is 12.4 Å². The van der Waals surface area contributed by atoms with Crippen molar-refractivity contribution in [2.24, 2.45) is 0 Å². The largest absolute Gasteiger partial charge is 0.494 e. The number of alkyl halides is 3. The van der Waals surface area contributed by atoms with Gasteiger partial charge >= 0.3 is 6.18 Å². The number of ether oxygens (including phenoxy) is 1. The number of nitrogens with two attached hydrogens (primary N) is 1. The van der Waals surface area contributed by atoms with Crippen LogP contribution in [0.15, 0.2) is 12.1 Å². The molecule has 1 aliphatic rings. The first-order valence-corrected chi connectivity index (χ1v) is 11.7. The Morgan fingerprint density at radius 1 is 1.25 bits per heavy atom. The van der Waals surface area contributed by atoms with Gasteiger partial charge < -0.3 is 15.4 Å². The molecule has 1 fully saturated rings. The highest BCUT2D eigenvalue weighted by Crippen LogP contribution is 2.27. The Balaban J connectivity index is 0.000000303. The van der Waals surface area contributed by atoms with Crippen molar-refractivity contribution in [3.8, 4) is 5.75 Å². The number of rotatable bonds is 8. The van der Waals surface area contributed by atoms with Crippen molar-refractivity contribution >= 4 is 28.9 Å². The molecule has 1 amide bonds. The highest BCUT2D eigenvalue weighted by molar-refractivity contribution is 5.93. The Bertz CT molecular complexity index is 1180. The van der Waals surface area contributed by atoms with Crippen molar-refractivity contribution in [1.82, 2.24) is 29.4 Å². The number of carbonyl (C=O) groups is 1. The zero-order chi connectivity index (χ0) is 26.5. The number of aryl methyl sites for hydroxylation is 1. The number of carbonyl (C=O) groups excluding carboxylic acids is 1. The molecule has 198 valence electrons. The van der Waals surface area contributed by atoms with Gasteiger partial charge in [-0.05, 0) is 51.8 Å². The number of fused-ring (bicyclic) bond motifs is 3. The highest BCUT2D eigenvalue weighted by atomic mass is 19.4. The van der Waals surface area contributed by atoms with E-state index < -0.39 is 18.5 Å². The van der Waals surface area contributed by atoms with Gasteiger partial charge in [0.25, 0.3) is 0 Å². The number of methoxy groups -OCH3 is 1. The fourth-order valence-electron chi connectivity index (χ4n) is 3.99. The third-order valence-electron chi connectivity index (χ3n) is 6.10. The van der Waals surface area contributed by atoms with Crippen LogP contribution in [0.5, 0.6) is 5.75 Å². The predicted molar refractivity (Wildman–Crippen MR) is 127 cm³/mol. The molecule has 2 aromatic heterocycles. The van der Waals surface area contributed by atoms with E-state index in [1.807, 2.05) is 6.92 Å². The molecule has 3 heterocycles. The molecule has 4 rings (SSSR count). The molecule has 36 heavy (non-hydrogen) atoms. The Morgan fingerprint density at radius 3 is 2.56 bits per heavy atom. The molecule has 1 aliphatic heterocycles. The number of hydrogen-bond donors (Lipinski definition) is 1. The molecule has 0 spiro atoms. The first-order valence-electron chi connectivity index (χ1n) is 11.7. The minimum Gasteiger partial charge on any atom is -0.494 e. The Hall–Kier alpha value is -3.22. The minimum absolute atomic E-state index is 0.0989. The van der Waals surface area contributed by atoms with Crippen LogP contribution in [0.2, 0.25) is 0 Å². The van der Waals surface area contributed by atoms with Crippen LogP contribution in [0.25, 0.3) is 16.6 Å². The summed E-state index contributed by atoms with van der Waals surface area (Å²) >= 11 is 0. The Morgan fingerprint density at radius 2 is 1.94 bits per heavy atom. The number of anilines is 1. The van der Waals surface area contributed by atoms with Crippen molar-refractivity contribution in [3.63, 3.8) is 0 Å². The second kappa shape index (κ2) is 11.7. The summed E-state index contributed by atoms with van der Waals surface area (Å²) in [5.41, 5.74) is 6.92. The first-order chi connectivity index (χ1) is 17.0. The zero-order valence-electron chi connectivity index (χ0n) is 20.6. The van der Waals surface area contributed by atoms with E-state index >= 15 is 0 Å². The van der Waals surface area contributed by atoms with Crippen LogP contribution in [0.3, 0.4) is 0 Å². The van der Waals surface area contributed by atoms with Gasteiger partial charge in [0.1, 0.15) is 0 Å². The van der Waals surface area contributed by atoms with Gasteiger partial charge in [-0.2, -0.15) is 17.7 Å². The van der Waals surface area contributed by atoms with Crippen LogP contribution in [0.4, 0.5) is 23.5 Å². The molecule has 0 aliphatic carbocycles. The predicted octanol–water partition coefficient (Wildman–Crippen LogP) is 3.45. The van der Waals surface area contributed by atoms with Crippen LogP contribution in [0, 0.1) is 5.82 Å². The van der Waals surface area contributed by atoms with E-state index in [9.17, 15) is 22.4 Å². The van der Waals surface area contributed by atoms with Gasteiger partial charge in [0.05, 0.1) is 19.2 Å². The molecule has 0 radical (unpaired) electrons. The lowest BCUT2D eigenvalue weighted by Crippen LogP contribution is -2.31. The molecule has 0 saturated carbocycles. The van der Waals surface area contributed by atoms with Gasteiger partial charge in [0, 0.05) is 31.0 Å². The van der Waals surface area contributed by atoms with Crippen LogP contribution >= 0.6 is 0 Å². The number of nitrogen functional groups attached to an aromatic ring is 1. The van der Waals surface area contributed by atoms with Crippen molar-refractivity contribution in [2.45, 2.75) is 51.2 Å².